The van der Waals surface area contributed by atoms with Crippen LogP contribution >= 0.6 is 0 Å². The third-order valence-corrected chi connectivity index (χ3v) is 4.04. The summed E-state index contributed by atoms with van der Waals surface area (Å²) in [6.07, 6.45) is 1.05. The third-order valence-electron chi connectivity index (χ3n) is 4.04. The molecule has 1 aromatic rings. The van der Waals surface area contributed by atoms with E-state index in [1.54, 1.807) is 6.92 Å². The maximum atomic E-state index is 12.8. The van der Waals surface area contributed by atoms with E-state index in [-0.39, 0.29) is 24.8 Å². The molecule has 3 amide bonds. The largest absolute Gasteiger partial charge is 0.466 e. The van der Waals surface area contributed by atoms with Crippen molar-refractivity contribution in [3.63, 3.8) is 0 Å². The molecule has 2 rings (SSSR count). The molecule has 1 N–H and O–H groups in total. The zero-order valence-electron chi connectivity index (χ0n) is 13.5. The van der Waals surface area contributed by atoms with Crippen LogP contribution in [0.1, 0.15) is 38.7 Å². The number of ether oxygens (including phenoxy) is 1. The van der Waals surface area contributed by atoms with Crippen LogP contribution in [0.15, 0.2) is 30.3 Å². The zero-order valence-corrected chi connectivity index (χ0v) is 13.5. The monoisotopic (exact) mass is 318 g/mol. The second-order valence-electron chi connectivity index (χ2n) is 5.42. The van der Waals surface area contributed by atoms with Crippen LogP contribution in [0.4, 0.5) is 4.79 Å². The average Bonchev–Trinajstić information content (AvgIpc) is 2.81. The van der Waals surface area contributed by atoms with E-state index in [0.29, 0.717) is 19.4 Å². The predicted molar refractivity (Wildman–Crippen MR) is 84.5 cm³/mol. The highest BCUT2D eigenvalue weighted by atomic mass is 16.5. The lowest BCUT2D eigenvalue weighted by atomic mass is 9.87. The lowest BCUT2D eigenvalue weighted by Gasteiger charge is -2.25. The van der Waals surface area contributed by atoms with E-state index in [9.17, 15) is 14.4 Å². The number of carbonyl (C=O) groups excluding carboxylic acids is 3. The first-order valence-electron chi connectivity index (χ1n) is 7.90. The van der Waals surface area contributed by atoms with Crippen molar-refractivity contribution in [1.29, 1.82) is 0 Å². The fraction of sp³-hybridized carbons (Fsp3) is 0.471. The number of rotatable bonds is 7. The maximum Gasteiger partial charge on any atom is 0.325 e. The lowest BCUT2D eigenvalue weighted by molar-refractivity contribution is -0.143. The summed E-state index contributed by atoms with van der Waals surface area (Å²) in [6, 6.07) is 8.81. The number of amides is 3. The Morgan fingerprint density at radius 1 is 1.22 bits per heavy atom. The number of hydrogen-bond donors (Lipinski definition) is 1. The molecule has 124 valence electrons. The van der Waals surface area contributed by atoms with Crippen LogP contribution in [0.25, 0.3) is 0 Å². The second-order valence-corrected chi connectivity index (χ2v) is 5.42. The van der Waals surface area contributed by atoms with Gasteiger partial charge in [0.25, 0.3) is 5.91 Å². The summed E-state index contributed by atoms with van der Waals surface area (Å²) in [7, 11) is 0. The Kier molecular flexibility index (Phi) is 5.36. The first-order valence-corrected chi connectivity index (χ1v) is 7.90. The summed E-state index contributed by atoms with van der Waals surface area (Å²) >= 11 is 0. The second kappa shape index (κ2) is 7.26. The molecule has 1 unspecified atom stereocenters. The van der Waals surface area contributed by atoms with Gasteiger partial charge in [-0.1, -0.05) is 37.3 Å². The highest BCUT2D eigenvalue weighted by Crippen LogP contribution is 2.32. The van der Waals surface area contributed by atoms with Gasteiger partial charge in [-0.05, 0) is 25.3 Å². The number of urea groups is 1. The predicted octanol–water partition coefficient (Wildman–Crippen LogP) is 2.19. The first kappa shape index (κ1) is 17.0. The number of nitrogens with one attached hydrogen (secondary N) is 1. The van der Waals surface area contributed by atoms with E-state index in [2.05, 4.69) is 5.32 Å². The van der Waals surface area contributed by atoms with Gasteiger partial charge in [0.2, 0.25) is 0 Å². The molecule has 0 radical (unpaired) electrons. The van der Waals surface area contributed by atoms with Crippen molar-refractivity contribution in [3.05, 3.63) is 35.9 Å². The van der Waals surface area contributed by atoms with E-state index < -0.39 is 11.6 Å². The first-order chi connectivity index (χ1) is 11.0. The molecule has 1 atom stereocenters. The van der Waals surface area contributed by atoms with Crippen LogP contribution in [-0.2, 0) is 19.9 Å². The molecule has 0 saturated carbocycles. The van der Waals surface area contributed by atoms with Crippen molar-refractivity contribution in [2.24, 2.45) is 0 Å². The van der Waals surface area contributed by atoms with E-state index >= 15 is 0 Å². The Morgan fingerprint density at radius 2 is 1.91 bits per heavy atom. The van der Waals surface area contributed by atoms with Gasteiger partial charge in [-0.25, -0.2) is 4.79 Å². The third kappa shape index (κ3) is 3.36. The van der Waals surface area contributed by atoms with Crippen LogP contribution in [0.5, 0.6) is 0 Å². The van der Waals surface area contributed by atoms with Crippen molar-refractivity contribution in [2.45, 2.75) is 38.6 Å². The highest BCUT2D eigenvalue weighted by Gasteiger charge is 2.50. The van der Waals surface area contributed by atoms with Crippen molar-refractivity contribution in [2.75, 3.05) is 13.2 Å². The molecule has 0 aromatic heterocycles. The van der Waals surface area contributed by atoms with Gasteiger partial charge in [-0.3, -0.25) is 14.5 Å². The number of benzene rings is 1. The summed E-state index contributed by atoms with van der Waals surface area (Å²) in [5.74, 6) is -0.579. The molecule has 1 heterocycles. The Balaban J connectivity index is 2.08. The van der Waals surface area contributed by atoms with E-state index in [1.165, 1.54) is 4.90 Å². The molecule has 23 heavy (non-hydrogen) atoms. The topological polar surface area (TPSA) is 75.7 Å². The molecule has 6 nitrogen and oxygen atoms in total. The minimum atomic E-state index is -1.01. The van der Waals surface area contributed by atoms with E-state index in [0.717, 1.165) is 5.56 Å². The molecule has 1 aliphatic rings. The SMILES string of the molecule is CCOC(=O)CCCN1C(=O)NC(CC)(c2ccccc2)C1=O. The molecular formula is C17H22N2O4. The van der Waals surface area contributed by atoms with Crippen LogP contribution in [0.2, 0.25) is 0 Å². The summed E-state index contributed by atoms with van der Waals surface area (Å²) in [6.45, 7) is 4.14. The quantitative estimate of drug-likeness (QED) is 0.617. The number of carbonyl (C=O) groups is 3. The van der Waals surface area contributed by atoms with Crippen LogP contribution < -0.4 is 5.32 Å². The summed E-state index contributed by atoms with van der Waals surface area (Å²) in [5.41, 5.74) is -0.240. The summed E-state index contributed by atoms with van der Waals surface area (Å²) in [5, 5.41) is 2.82. The summed E-state index contributed by atoms with van der Waals surface area (Å²) in [4.78, 5) is 37.6. The van der Waals surface area contributed by atoms with E-state index in [1.807, 2.05) is 37.3 Å². The standard InChI is InChI=1S/C17H22N2O4/c1-3-17(13-9-6-5-7-10-13)15(21)19(16(22)18-17)12-8-11-14(20)23-4-2/h5-7,9-10H,3-4,8,11-12H2,1-2H3,(H,18,22). The van der Waals surface area contributed by atoms with E-state index in [4.69, 9.17) is 4.74 Å². The molecule has 0 bridgehead atoms. The molecule has 1 aliphatic heterocycles. The molecule has 6 heteroatoms. The van der Waals surface area contributed by atoms with Crippen LogP contribution in [-0.4, -0.2) is 36.0 Å². The van der Waals surface area contributed by atoms with Gasteiger partial charge in [-0.15, -0.1) is 0 Å². The fourth-order valence-corrected chi connectivity index (χ4v) is 2.81. The molecular weight excluding hydrogens is 296 g/mol. The Labute approximate surface area is 135 Å². The van der Waals surface area contributed by atoms with Gasteiger partial charge >= 0.3 is 12.0 Å². The minimum Gasteiger partial charge on any atom is -0.466 e. The van der Waals surface area contributed by atoms with Crippen molar-refractivity contribution < 1.29 is 19.1 Å². The Bertz CT molecular complexity index is 588. The van der Waals surface area contributed by atoms with Gasteiger partial charge in [0.15, 0.2) is 0 Å². The molecule has 1 aromatic carbocycles. The number of imide groups is 1. The van der Waals surface area contributed by atoms with Gasteiger partial charge in [0.05, 0.1) is 6.61 Å². The Morgan fingerprint density at radius 3 is 2.52 bits per heavy atom. The maximum absolute atomic E-state index is 12.8. The van der Waals surface area contributed by atoms with Gasteiger partial charge in [-0.2, -0.15) is 0 Å². The normalized spacial score (nSPS) is 20.5. The molecule has 1 saturated heterocycles. The number of hydrogen-bond acceptors (Lipinski definition) is 4. The van der Waals surface area contributed by atoms with Crippen molar-refractivity contribution >= 4 is 17.9 Å². The van der Waals surface area contributed by atoms with Crippen molar-refractivity contribution in [1.82, 2.24) is 10.2 Å². The zero-order chi connectivity index (χ0) is 16.9. The van der Waals surface area contributed by atoms with Gasteiger partial charge in [0, 0.05) is 13.0 Å². The summed E-state index contributed by atoms with van der Waals surface area (Å²) < 4.78 is 4.85. The molecule has 0 spiro atoms. The van der Waals surface area contributed by atoms with Crippen LogP contribution in [0, 0.1) is 0 Å². The Hall–Kier alpha value is -2.37. The lowest BCUT2D eigenvalue weighted by Crippen LogP contribution is -2.43. The van der Waals surface area contributed by atoms with Gasteiger partial charge in [0.1, 0.15) is 5.54 Å². The van der Waals surface area contributed by atoms with Crippen molar-refractivity contribution in [3.8, 4) is 0 Å². The molecule has 0 aliphatic carbocycles. The molecule has 1 fully saturated rings. The smallest absolute Gasteiger partial charge is 0.325 e. The van der Waals surface area contributed by atoms with Crippen LogP contribution in [0.3, 0.4) is 0 Å². The number of nitrogens with zero attached hydrogens (tertiary/aromatic N) is 1. The van der Waals surface area contributed by atoms with Gasteiger partial charge < -0.3 is 10.1 Å². The fourth-order valence-electron chi connectivity index (χ4n) is 2.81. The minimum absolute atomic E-state index is 0.190. The average molecular weight is 318 g/mol. The highest BCUT2D eigenvalue weighted by molar-refractivity contribution is 6.07. The number of esters is 1.